The van der Waals surface area contributed by atoms with E-state index in [1.807, 2.05) is 6.92 Å². The van der Waals surface area contributed by atoms with Crippen LogP contribution >= 0.6 is 11.6 Å². The molecule has 1 aliphatic heterocycles. The highest BCUT2D eigenvalue weighted by atomic mass is 35.5. The van der Waals surface area contributed by atoms with Crippen LogP contribution in [0.4, 0.5) is 5.69 Å². The van der Waals surface area contributed by atoms with E-state index in [-0.39, 0.29) is 5.91 Å². The molecule has 0 aliphatic carbocycles. The minimum Gasteiger partial charge on any atom is -0.322 e. The molecule has 0 radical (unpaired) electrons. The van der Waals surface area contributed by atoms with E-state index in [1.165, 1.54) is 0 Å². The first-order valence-electron chi connectivity index (χ1n) is 5.29. The molecule has 1 aromatic heterocycles. The fraction of sp³-hybridized carbons (Fsp3) is 0.455. The number of amides is 1. The number of rotatable bonds is 2. The smallest absolute Gasteiger partial charge is 0.244 e. The third-order valence-corrected chi connectivity index (χ3v) is 3.18. The van der Waals surface area contributed by atoms with Gasteiger partial charge in [0, 0.05) is 6.20 Å². The van der Waals surface area contributed by atoms with Crippen LogP contribution in [0, 0.1) is 0 Å². The lowest BCUT2D eigenvalue weighted by Crippen LogP contribution is -2.48. The Bertz CT molecular complexity index is 402. The average molecular weight is 240 g/mol. The lowest BCUT2D eigenvalue weighted by molar-refractivity contribution is -0.121. The summed E-state index contributed by atoms with van der Waals surface area (Å²) in [6, 6.07) is 3.48. The van der Waals surface area contributed by atoms with Crippen LogP contribution in [0.2, 0.25) is 5.15 Å². The topological polar surface area (TPSA) is 54.0 Å². The number of hydrogen-bond donors (Lipinski definition) is 2. The van der Waals surface area contributed by atoms with Gasteiger partial charge in [0.15, 0.2) is 5.15 Å². The molecule has 4 nitrogen and oxygen atoms in total. The molecule has 0 aromatic carbocycles. The van der Waals surface area contributed by atoms with Crippen molar-refractivity contribution in [2.24, 2.45) is 0 Å². The molecule has 2 heterocycles. The maximum Gasteiger partial charge on any atom is 0.244 e. The summed E-state index contributed by atoms with van der Waals surface area (Å²) >= 11 is 5.87. The first-order chi connectivity index (χ1) is 7.62. The predicted octanol–water partition coefficient (Wildman–Crippen LogP) is 1.82. The highest BCUT2D eigenvalue weighted by molar-refractivity contribution is 6.32. The quantitative estimate of drug-likeness (QED) is 0.774. The van der Waals surface area contributed by atoms with Crippen molar-refractivity contribution >= 4 is 23.2 Å². The van der Waals surface area contributed by atoms with Gasteiger partial charge in [0.1, 0.15) is 0 Å². The number of carbonyl (C=O) groups excluding carboxylic acids is 1. The van der Waals surface area contributed by atoms with Crippen LogP contribution in [-0.4, -0.2) is 23.0 Å². The minimum absolute atomic E-state index is 0.0556. The van der Waals surface area contributed by atoms with Gasteiger partial charge in [-0.1, -0.05) is 11.6 Å². The molecule has 1 aliphatic rings. The summed E-state index contributed by atoms with van der Waals surface area (Å²) in [6.07, 6.45) is 3.45. The van der Waals surface area contributed by atoms with Gasteiger partial charge in [0.2, 0.25) is 5.91 Å². The molecule has 1 fully saturated rings. The molecular weight excluding hydrogens is 226 g/mol. The summed E-state index contributed by atoms with van der Waals surface area (Å²) in [4.78, 5) is 15.9. The third-order valence-electron chi connectivity index (χ3n) is 2.88. The first kappa shape index (κ1) is 11.4. The lowest BCUT2D eigenvalue weighted by atomic mass is 9.99. The lowest BCUT2D eigenvalue weighted by Gasteiger charge is -2.23. The van der Waals surface area contributed by atoms with Crippen LogP contribution in [0.15, 0.2) is 18.3 Å². The molecule has 2 N–H and O–H groups in total. The summed E-state index contributed by atoms with van der Waals surface area (Å²) in [5.74, 6) is -0.0556. The number of nitrogens with one attached hydrogen (secondary N) is 2. The molecule has 0 saturated carbocycles. The van der Waals surface area contributed by atoms with Crippen LogP contribution in [0.5, 0.6) is 0 Å². The number of hydrogen-bond acceptors (Lipinski definition) is 3. The van der Waals surface area contributed by atoms with Gasteiger partial charge in [-0.2, -0.15) is 0 Å². The van der Waals surface area contributed by atoms with Gasteiger partial charge in [-0.15, -0.1) is 0 Å². The molecule has 5 heteroatoms. The van der Waals surface area contributed by atoms with Crippen molar-refractivity contribution in [2.45, 2.75) is 25.3 Å². The molecule has 16 heavy (non-hydrogen) atoms. The number of nitrogens with zero attached hydrogens (tertiary/aromatic N) is 1. The Balaban J connectivity index is 2.10. The molecule has 0 spiro atoms. The van der Waals surface area contributed by atoms with Crippen molar-refractivity contribution in [3.63, 3.8) is 0 Å². The molecule has 2 rings (SSSR count). The van der Waals surface area contributed by atoms with Crippen LogP contribution in [-0.2, 0) is 4.79 Å². The summed E-state index contributed by atoms with van der Waals surface area (Å²) in [5, 5.41) is 6.31. The minimum atomic E-state index is -0.487. The van der Waals surface area contributed by atoms with Crippen LogP contribution < -0.4 is 10.6 Å². The zero-order chi connectivity index (χ0) is 11.6. The Morgan fingerprint density at radius 3 is 3.12 bits per heavy atom. The van der Waals surface area contributed by atoms with E-state index in [4.69, 9.17) is 11.6 Å². The van der Waals surface area contributed by atoms with Gasteiger partial charge in [0.05, 0.1) is 11.2 Å². The molecule has 86 valence electrons. The Kier molecular flexibility index (Phi) is 3.12. The summed E-state index contributed by atoms with van der Waals surface area (Å²) in [6.45, 7) is 2.78. The van der Waals surface area contributed by atoms with Crippen molar-refractivity contribution < 1.29 is 4.79 Å². The van der Waals surface area contributed by atoms with Crippen molar-refractivity contribution in [2.75, 3.05) is 11.9 Å². The van der Waals surface area contributed by atoms with Crippen molar-refractivity contribution in [3.8, 4) is 0 Å². The summed E-state index contributed by atoms with van der Waals surface area (Å²) in [5.41, 5.74) is 0.0724. The Hall–Kier alpha value is -1.13. The Morgan fingerprint density at radius 2 is 2.50 bits per heavy atom. The SMILES string of the molecule is CC1(C(=O)Nc2cccnc2Cl)CCCN1. The Labute approximate surface area is 99.4 Å². The monoisotopic (exact) mass is 239 g/mol. The number of carbonyl (C=O) groups is 1. The van der Waals surface area contributed by atoms with Gasteiger partial charge < -0.3 is 10.6 Å². The second-order valence-corrected chi connectivity index (χ2v) is 4.52. The molecule has 1 amide bonds. The van der Waals surface area contributed by atoms with Gasteiger partial charge in [-0.3, -0.25) is 4.79 Å². The van der Waals surface area contributed by atoms with Crippen LogP contribution in [0.3, 0.4) is 0 Å². The average Bonchev–Trinajstić information content (AvgIpc) is 2.70. The first-order valence-corrected chi connectivity index (χ1v) is 5.67. The van der Waals surface area contributed by atoms with E-state index in [0.29, 0.717) is 10.8 Å². The van der Waals surface area contributed by atoms with Gasteiger partial charge in [0.25, 0.3) is 0 Å². The summed E-state index contributed by atoms with van der Waals surface area (Å²) < 4.78 is 0. The fourth-order valence-electron chi connectivity index (χ4n) is 1.83. The van der Waals surface area contributed by atoms with Crippen molar-refractivity contribution in [1.82, 2.24) is 10.3 Å². The van der Waals surface area contributed by atoms with Crippen molar-refractivity contribution in [1.29, 1.82) is 0 Å². The molecule has 0 bridgehead atoms. The maximum absolute atomic E-state index is 12.0. The van der Waals surface area contributed by atoms with E-state index < -0.39 is 5.54 Å². The third kappa shape index (κ3) is 2.18. The van der Waals surface area contributed by atoms with E-state index in [2.05, 4.69) is 15.6 Å². The molecule has 1 saturated heterocycles. The standard InChI is InChI=1S/C11H14ClN3O/c1-11(5-3-7-14-11)10(16)15-8-4-2-6-13-9(8)12/h2,4,6,14H,3,5,7H2,1H3,(H,15,16). The van der Waals surface area contributed by atoms with E-state index in [0.717, 1.165) is 19.4 Å². The zero-order valence-corrected chi connectivity index (χ0v) is 9.84. The van der Waals surface area contributed by atoms with E-state index in [9.17, 15) is 4.79 Å². The second-order valence-electron chi connectivity index (χ2n) is 4.16. The highest BCUT2D eigenvalue weighted by Gasteiger charge is 2.36. The Morgan fingerprint density at radius 1 is 1.69 bits per heavy atom. The molecule has 1 aromatic rings. The molecular formula is C11H14ClN3O. The van der Waals surface area contributed by atoms with E-state index >= 15 is 0 Å². The maximum atomic E-state index is 12.0. The normalized spacial score (nSPS) is 24.4. The zero-order valence-electron chi connectivity index (χ0n) is 9.09. The fourth-order valence-corrected chi connectivity index (χ4v) is 1.99. The second kappa shape index (κ2) is 4.39. The largest absolute Gasteiger partial charge is 0.322 e. The highest BCUT2D eigenvalue weighted by Crippen LogP contribution is 2.23. The van der Waals surface area contributed by atoms with Crippen molar-refractivity contribution in [3.05, 3.63) is 23.5 Å². The number of halogens is 1. The molecule has 1 unspecified atom stereocenters. The number of pyridine rings is 1. The number of aromatic nitrogens is 1. The van der Waals surface area contributed by atoms with Gasteiger partial charge >= 0.3 is 0 Å². The van der Waals surface area contributed by atoms with Crippen LogP contribution in [0.25, 0.3) is 0 Å². The summed E-state index contributed by atoms with van der Waals surface area (Å²) in [7, 11) is 0. The molecule has 1 atom stereocenters. The van der Waals surface area contributed by atoms with Crippen LogP contribution in [0.1, 0.15) is 19.8 Å². The van der Waals surface area contributed by atoms with E-state index in [1.54, 1.807) is 18.3 Å². The predicted molar refractivity (Wildman–Crippen MR) is 63.5 cm³/mol. The van der Waals surface area contributed by atoms with Gasteiger partial charge in [-0.25, -0.2) is 4.98 Å². The van der Waals surface area contributed by atoms with Gasteiger partial charge in [-0.05, 0) is 38.4 Å². The number of anilines is 1.